The minimum atomic E-state index is -0.425. The summed E-state index contributed by atoms with van der Waals surface area (Å²) in [6, 6.07) is 23.7. The monoisotopic (exact) mass is 634 g/mol. The average molecular weight is 635 g/mol. The summed E-state index contributed by atoms with van der Waals surface area (Å²) < 4.78 is 16.3. The van der Waals surface area contributed by atoms with Gasteiger partial charge < -0.3 is 14.2 Å². The van der Waals surface area contributed by atoms with E-state index in [2.05, 4.69) is 68.6 Å². The van der Waals surface area contributed by atoms with Crippen LogP contribution in [0.2, 0.25) is 0 Å². The quantitative estimate of drug-likeness (QED) is 0.113. The first-order chi connectivity index (χ1) is 22.7. The third kappa shape index (κ3) is 8.90. The number of rotatable bonds is 12. The van der Waals surface area contributed by atoms with Crippen molar-refractivity contribution in [3.63, 3.8) is 0 Å². The van der Waals surface area contributed by atoms with Crippen LogP contribution in [-0.2, 0) is 19.1 Å². The van der Waals surface area contributed by atoms with Crippen LogP contribution in [0.5, 0.6) is 5.75 Å². The zero-order chi connectivity index (χ0) is 33.3. The minimum Gasteiger partial charge on any atom is -0.459 e. The molecule has 0 amide bonds. The fourth-order valence-corrected chi connectivity index (χ4v) is 7.32. The standard InChI is InChI=1S/C42H50O5/c1-6-7-30-8-10-31(11-9-30)32-14-18-36(19-15-32)40-26-38(47-41(43)28(2)3)24-25-39(40)35-16-12-33(13-17-35)34-20-22-37(23-21-34)46-42(44)29(4)27-45-5/h12-19,24-26,30-31,34,37H,2,4,6-11,20-23,27H2,1,3,5H3. The van der Waals surface area contributed by atoms with Gasteiger partial charge in [0.25, 0.3) is 0 Å². The molecule has 0 N–H and O–H groups in total. The highest BCUT2D eigenvalue weighted by molar-refractivity contribution is 5.90. The van der Waals surface area contributed by atoms with Crippen LogP contribution in [0.3, 0.4) is 0 Å². The predicted molar refractivity (Wildman–Crippen MR) is 189 cm³/mol. The van der Waals surface area contributed by atoms with Crippen molar-refractivity contribution >= 4 is 11.9 Å². The van der Waals surface area contributed by atoms with Crippen LogP contribution in [0.1, 0.15) is 101 Å². The summed E-state index contributed by atoms with van der Waals surface area (Å²) in [4.78, 5) is 24.6. The van der Waals surface area contributed by atoms with Crippen molar-refractivity contribution in [2.75, 3.05) is 13.7 Å². The van der Waals surface area contributed by atoms with Gasteiger partial charge in [0.05, 0.1) is 12.2 Å². The lowest BCUT2D eigenvalue weighted by Gasteiger charge is -2.29. The van der Waals surface area contributed by atoms with Crippen molar-refractivity contribution < 1.29 is 23.8 Å². The molecule has 3 aromatic rings. The van der Waals surface area contributed by atoms with E-state index in [1.54, 1.807) is 14.0 Å². The van der Waals surface area contributed by atoms with Crippen LogP contribution in [0.25, 0.3) is 22.3 Å². The van der Waals surface area contributed by atoms with E-state index >= 15 is 0 Å². The van der Waals surface area contributed by atoms with Crippen LogP contribution < -0.4 is 4.74 Å². The molecule has 0 saturated heterocycles. The number of carbonyl (C=O) groups is 2. The lowest BCUT2D eigenvalue weighted by Crippen LogP contribution is -2.25. The largest absolute Gasteiger partial charge is 0.459 e. The molecular formula is C42H50O5. The first-order valence-corrected chi connectivity index (χ1v) is 17.4. The van der Waals surface area contributed by atoms with Gasteiger partial charge >= 0.3 is 11.9 Å². The first kappa shape index (κ1) is 34.4. The zero-order valence-corrected chi connectivity index (χ0v) is 28.4. The third-order valence-electron chi connectivity index (χ3n) is 10.0. The van der Waals surface area contributed by atoms with Gasteiger partial charge in [0.15, 0.2) is 0 Å². The van der Waals surface area contributed by atoms with Gasteiger partial charge in [-0.05, 0) is 122 Å². The smallest absolute Gasteiger partial charge is 0.338 e. The fourth-order valence-electron chi connectivity index (χ4n) is 7.32. The Bertz CT molecular complexity index is 1530. The summed E-state index contributed by atoms with van der Waals surface area (Å²) in [7, 11) is 1.54. The second-order valence-electron chi connectivity index (χ2n) is 13.5. The van der Waals surface area contributed by atoms with E-state index in [0.717, 1.165) is 53.9 Å². The molecule has 5 rings (SSSR count). The van der Waals surface area contributed by atoms with Crippen molar-refractivity contribution in [3.8, 4) is 28.0 Å². The molecular weight excluding hydrogens is 584 g/mol. The molecule has 47 heavy (non-hydrogen) atoms. The van der Waals surface area contributed by atoms with Crippen LogP contribution in [0.15, 0.2) is 91.0 Å². The Hall–Kier alpha value is -3.96. The summed E-state index contributed by atoms with van der Waals surface area (Å²) >= 11 is 0. The molecule has 0 atom stereocenters. The van der Waals surface area contributed by atoms with Crippen molar-refractivity contribution in [1.29, 1.82) is 0 Å². The summed E-state index contributed by atoms with van der Waals surface area (Å²) in [5, 5.41) is 0. The van der Waals surface area contributed by atoms with Crippen LogP contribution >= 0.6 is 0 Å². The Kier molecular flexibility index (Phi) is 11.9. The van der Waals surface area contributed by atoms with Gasteiger partial charge in [-0.1, -0.05) is 87.5 Å². The van der Waals surface area contributed by atoms with Gasteiger partial charge in [0, 0.05) is 12.7 Å². The van der Waals surface area contributed by atoms with Crippen molar-refractivity contribution in [3.05, 3.63) is 102 Å². The number of ether oxygens (including phenoxy) is 3. The summed E-state index contributed by atoms with van der Waals surface area (Å²) in [5.74, 6) is 1.67. The fraction of sp³-hybridized carbons (Fsp3) is 0.429. The Morgan fingerprint density at radius 2 is 1.28 bits per heavy atom. The Morgan fingerprint density at radius 1 is 0.723 bits per heavy atom. The van der Waals surface area contributed by atoms with Gasteiger partial charge in [0.2, 0.25) is 0 Å². The summed E-state index contributed by atoms with van der Waals surface area (Å²) in [5.41, 5.74) is 7.77. The van der Waals surface area contributed by atoms with Gasteiger partial charge in [-0.2, -0.15) is 0 Å². The molecule has 2 aliphatic carbocycles. The summed E-state index contributed by atoms with van der Waals surface area (Å²) in [6.45, 7) is 11.6. The second-order valence-corrected chi connectivity index (χ2v) is 13.5. The Morgan fingerprint density at radius 3 is 1.81 bits per heavy atom. The topological polar surface area (TPSA) is 61.8 Å². The molecule has 0 unspecified atom stereocenters. The molecule has 5 nitrogen and oxygen atoms in total. The lowest BCUT2D eigenvalue weighted by atomic mass is 9.77. The maximum Gasteiger partial charge on any atom is 0.338 e. The van der Waals surface area contributed by atoms with Crippen molar-refractivity contribution in [2.45, 2.75) is 96.0 Å². The highest BCUT2D eigenvalue weighted by Crippen LogP contribution is 2.41. The number of benzene rings is 3. The maximum atomic E-state index is 12.4. The summed E-state index contributed by atoms with van der Waals surface area (Å²) in [6.07, 6.45) is 11.4. The number of hydrogen-bond donors (Lipinski definition) is 0. The Labute approximate surface area is 281 Å². The van der Waals surface area contributed by atoms with Crippen molar-refractivity contribution in [2.24, 2.45) is 5.92 Å². The molecule has 0 radical (unpaired) electrons. The van der Waals surface area contributed by atoms with Gasteiger partial charge in [-0.15, -0.1) is 0 Å². The van der Waals surface area contributed by atoms with E-state index in [-0.39, 0.29) is 18.7 Å². The maximum absolute atomic E-state index is 12.4. The number of hydrogen-bond acceptors (Lipinski definition) is 5. The molecule has 0 aliphatic heterocycles. The highest BCUT2D eigenvalue weighted by Gasteiger charge is 2.26. The Balaban J connectivity index is 1.32. The number of carbonyl (C=O) groups excluding carboxylic acids is 2. The van der Waals surface area contributed by atoms with E-state index in [9.17, 15) is 9.59 Å². The number of methoxy groups -OCH3 is 1. The second kappa shape index (κ2) is 16.2. The predicted octanol–water partition coefficient (Wildman–Crippen LogP) is 10.3. The van der Waals surface area contributed by atoms with Gasteiger partial charge in [0.1, 0.15) is 11.9 Å². The third-order valence-corrected chi connectivity index (χ3v) is 10.0. The molecule has 5 heteroatoms. The molecule has 0 bridgehead atoms. The molecule has 0 heterocycles. The van der Waals surface area contributed by atoms with Crippen LogP contribution in [0, 0.1) is 5.92 Å². The molecule has 248 valence electrons. The molecule has 2 saturated carbocycles. The highest BCUT2D eigenvalue weighted by atomic mass is 16.5. The SMILES string of the molecule is C=C(C)C(=O)Oc1ccc(-c2ccc(C3CCC(OC(=O)C(=C)COC)CC3)cc2)c(-c2ccc(C3CCC(CCC)CC3)cc2)c1. The van der Waals surface area contributed by atoms with Crippen LogP contribution in [-0.4, -0.2) is 31.8 Å². The van der Waals surface area contributed by atoms with Gasteiger partial charge in [-0.3, -0.25) is 0 Å². The van der Waals surface area contributed by atoms with Crippen LogP contribution in [0.4, 0.5) is 0 Å². The molecule has 0 spiro atoms. The van der Waals surface area contributed by atoms with E-state index in [1.165, 1.54) is 49.7 Å². The molecule has 3 aromatic carbocycles. The van der Waals surface area contributed by atoms with Crippen molar-refractivity contribution in [1.82, 2.24) is 0 Å². The van der Waals surface area contributed by atoms with E-state index in [1.807, 2.05) is 18.2 Å². The normalized spacial score (nSPS) is 21.1. The minimum absolute atomic E-state index is 0.0749. The van der Waals surface area contributed by atoms with E-state index in [0.29, 0.717) is 28.7 Å². The van der Waals surface area contributed by atoms with E-state index in [4.69, 9.17) is 14.2 Å². The number of esters is 2. The lowest BCUT2D eigenvalue weighted by molar-refractivity contribution is -0.146. The average Bonchev–Trinajstić information content (AvgIpc) is 3.09. The van der Waals surface area contributed by atoms with Gasteiger partial charge in [-0.25, -0.2) is 9.59 Å². The molecule has 2 fully saturated rings. The first-order valence-electron chi connectivity index (χ1n) is 17.4. The zero-order valence-electron chi connectivity index (χ0n) is 28.4. The van der Waals surface area contributed by atoms with E-state index < -0.39 is 5.97 Å². The molecule has 2 aliphatic rings. The molecule has 0 aromatic heterocycles.